The highest BCUT2D eigenvalue weighted by atomic mass is 32.2. The largest absolute Gasteiger partial charge is 0.285 e. The van der Waals surface area contributed by atoms with E-state index in [0.717, 1.165) is 5.56 Å². The molecule has 0 saturated carbocycles. The third-order valence-electron chi connectivity index (χ3n) is 3.03. The molecule has 2 aromatic carbocycles. The Morgan fingerprint density at radius 2 is 1.65 bits per heavy atom. The average molecular weight is 287 g/mol. The van der Waals surface area contributed by atoms with Crippen molar-refractivity contribution in [3.05, 3.63) is 65.7 Å². The van der Waals surface area contributed by atoms with Crippen LogP contribution in [0.1, 0.15) is 22.8 Å². The van der Waals surface area contributed by atoms with Crippen molar-refractivity contribution in [3.63, 3.8) is 0 Å². The molecule has 0 aromatic heterocycles. The smallest absolute Gasteiger partial charge is 0.266 e. The number of benzene rings is 2. The SMILES string of the molecule is CCS(=O)(=NC(=O)c1ccc(C)cc1)c1ccccc1. The summed E-state index contributed by atoms with van der Waals surface area (Å²) in [6.07, 6.45) is 0. The van der Waals surface area contributed by atoms with Crippen LogP contribution in [0.25, 0.3) is 0 Å². The Labute approximate surface area is 119 Å². The second-order valence-electron chi connectivity index (χ2n) is 4.50. The Hall–Kier alpha value is -1.94. The number of carbonyl (C=O) groups is 1. The first-order valence-electron chi connectivity index (χ1n) is 6.46. The Morgan fingerprint density at radius 3 is 2.20 bits per heavy atom. The maximum atomic E-state index is 12.8. The summed E-state index contributed by atoms with van der Waals surface area (Å²) in [5.74, 6) is -0.116. The van der Waals surface area contributed by atoms with Gasteiger partial charge in [-0.1, -0.05) is 42.8 Å². The van der Waals surface area contributed by atoms with Crippen LogP contribution in [0.3, 0.4) is 0 Å². The van der Waals surface area contributed by atoms with Crippen LogP contribution in [0.4, 0.5) is 0 Å². The van der Waals surface area contributed by atoms with Crippen molar-refractivity contribution >= 4 is 15.6 Å². The topological polar surface area (TPSA) is 46.5 Å². The Bertz CT molecular complexity index is 712. The van der Waals surface area contributed by atoms with Gasteiger partial charge >= 0.3 is 0 Å². The van der Waals surface area contributed by atoms with Crippen molar-refractivity contribution in [2.75, 3.05) is 5.75 Å². The number of rotatable bonds is 3. The zero-order chi connectivity index (χ0) is 14.6. The normalized spacial score (nSPS) is 13.5. The van der Waals surface area contributed by atoms with Crippen LogP contribution < -0.4 is 0 Å². The molecular weight excluding hydrogens is 270 g/mol. The zero-order valence-electron chi connectivity index (χ0n) is 11.6. The molecule has 1 unspecified atom stereocenters. The van der Waals surface area contributed by atoms with Gasteiger partial charge < -0.3 is 0 Å². The molecule has 0 radical (unpaired) electrons. The molecule has 0 saturated heterocycles. The van der Waals surface area contributed by atoms with Crippen LogP contribution >= 0.6 is 0 Å². The molecule has 2 aromatic rings. The lowest BCUT2D eigenvalue weighted by molar-refractivity contribution is 0.100. The number of aryl methyl sites for hydroxylation is 1. The van der Waals surface area contributed by atoms with Crippen LogP contribution in [0.15, 0.2) is 63.9 Å². The molecule has 1 amide bonds. The summed E-state index contributed by atoms with van der Waals surface area (Å²) in [6, 6.07) is 16.1. The van der Waals surface area contributed by atoms with Gasteiger partial charge in [-0.15, -0.1) is 0 Å². The van der Waals surface area contributed by atoms with Crippen molar-refractivity contribution in [2.45, 2.75) is 18.7 Å². The Balaban J connectivity index is 2.43. The maximum Gasteiger partial charge on any atom is 0.285 e. The molecule has 2 rings (SSSR count). The molecule has 0 aliphatic heterocycles. The summed E-state index contributed by atoms with van der Waals surface area (Å²) in [5.41, 5.74) is 1.54. The summed E-state index contributed by atoms with van der Waals surface area (Å²) in [6.45, 7) is 3.73. The van der Waals surface area contributed by atoms with Gasteiger partial charge in [-0.2, -0.15) is 4.36 Å². The predicted octanol–water partition coefficient (Wildman–Crippen LogP) is 3.68. The van der Waals surface area contributed by atoms with E-state index in [1.807, 2.05) is 25.1 Å². The van der Waals surface area contributed by atoms with Crippen LogP contribution in [0.5, 0.6) is 0 Å². The fourth-order valence-corrected chi connectivity index (χ4v) is 3.32. The van der Waals surface area contributed by atoms with Gasteiger partial charge in [-0.05, 0) is 31.2 Å². The van der Waals surface area contributed by atoms with Crippen LogP contribution in [-0.4, -0.2) is 15.9 Å². The lowest BCUT2D eigenvalue weighted by Gasteiger charge is -2.07. The molecule has 0 heterocycles. The summed E-state index contributed by atoms with van der Waals surface area (Å²) in [4.78, 5) is 12.8. The second-order valence-corrected chi connectivity index (χ2v) is 7.02. The molecule has 0 aliphatic carbocycles. The van der Waals surface area contributed by atoms with Gasteiger partial charge in [0.05, 0.1) is 9.73 Å². The van der Waals surface area contributed by atoms with E-state index in [0.29, 0.717) is 16.2 Å². The monoisotopic (exact) mass is 287 g/mol. The minimum atomic E-state index is -2.69. The van der Waals surface area contributed by atoms with E-state index in [9.17, 15) is 9.00 Å². The van der Waals surface area contributed by atoms with Crippen molar-refractivity contribution in [1.29, 1.82) is 0 Å². The van der Waals surface area contributed by atoms with E-state index in [2.05, 4.69) is 4.36 Å². The van der Waals surface area contributed by atoms with Crippen molar-refractivity contribution in [3.8, 4) is 0 Å². The first kappa shape index (κ1) is 14.5. The first-order chi connectivity index (χ1) is 9.55. The van der Waals surface area contributed by atoms with Crippen molar-refractivity contribution in [2.24, 2.45) is 4.36 Å². The predicted molar refractivity (Wildman–Crippen MR) is 81.3 cm³/mol. The summed E-state index contributed by atoms with van der Waals surface area (Å²) >= 11 is 0. The standard InChI is InChI=1S/C16H17NO2S/c1-3-20(19,15-7-5-4-6-8-15)17-16(18)14-11-9-13(2)10-12-14/h4-12H,3H2,1-2H3. The lowest BCUT2D eigenvalue weighted by Crippen LogP contribution is -2.08. The zero-order valence-corrected chi connectivity index (χ0v) is 12.4. The second kappa shape index (κ2) is 6.01. The number of carbonyl (C=O) groups excluding carboxylic acids is 1. The number of hydrogen-bond acceptors (Lipinski definition) is 2. The fraction of sp³-hybridized carbons (Fsp3) is 0.188. The molecule has 4 heteroatoms. The van der Waals surface area contributed by atoms with Gasteiger partial charge in [0, 0.05) is 16.2 Å². The molecule has 1 atom stereocenters. The lowest BCUT2D eigenvalue weighted by atomic mass is 10.1. The van der Waals surface area contributed by atoms with Gasteiger partial charge in [-0.3, -0.25) is 4.79 Å². The van der Waals surface area contributed by atoms with Crippen LogP contribution in [0, 0.1) is 6.92 Å². The van der Waals surface area contributed by atoms with Gasteiger partial charge in [-0.25, -0.2) is 4.21 Å². The first-order valence-corrected chi connectivity index (χ1v) is 8.14. The highest BCUT2D eigenvalue weighted by Gasteiger charge is 2.13. The minimum absolute atomic E-state index is 0.314. The summed E-state index contributed by atoms with van der Waals surface area (Å²) in [7, 11) is -2.69. The quantitative estimate of drug-likeness (QED) is 0.864. The van der Waals surface area contributed by atoms with Crippen LogP contribution in [-0.2, 0) is 9.73 Å². The minimum Gasteiger partial charge on any atom is -0.266 e. The van der Waals surface area contributed by atoms with E-state index < -0.39 is 15.6 Å². The van der Waals surface area contributed by atoms with Crippen LogP contribution in [0.2, 0.25) is 0 Å². The van der Waals surface area contributed by atoms with Gasteiger partial charge in [0.25, 0.3) is 5.91 Å². The Kier molecular flexibility index (Phi) is 4.35. The maximum absolute atomic E-state index is 12.8. The average Bonchev–Trinajstić information content (AvgIpc) is 2.48. The fourth-order valence-electron chi connectivity index (χ4n) is 1.80. The molecule has 0 spiro atoms. The van der Waals surface area contributed by atoms with E-state index >= 15 is 0 Å². The van der Waals surface area contributed by atoms with Gasteiger partial charge in [0.1, 0.15) is 0 Å². The molecule has 104 valence electrons. The molecule has 0 aliphatic rings. The molecule has 0 fully saturated rings. The van der Waals surface area contributed by atoms with E-state index in [4.69, 9.17) is 0 Å². The molecule has 0 bridgehead atoms. The molecule has 20 heavy (non-hydrogen) atoms. The highest BCUT2D eigenvalue weighted by molar-refractivity contribution is 7.94. The van der Waals surface area contributed by atoms with Gasteiger partial charge in [0.2, 0.25) is 0 Å². The third kappa shape index (κ3) is 3.14. The number of amides is 1. The van der Waals surface area contributed by atoms with Gasteiger partial charge in [0.15, 0.2) is 0 Å². The van der Waals surface area contributed by atoms with Crippen molar-refractivity contribution in [1.82, 2.24) is 0 Å². The summed E-state index contributed by atoms with van der Waals surface area (Å²) < 4.78 is 16.8. The third-order valence-corrected chi connectivity index (χ3v) is 5.28. The number of nitrogens with zero attached hydrogens (tertiary/aromatic N) is 1. The molecule has 3 nitrogen and oxygen atoms in total. The summed E-state index contributed by atoms with van der Waals surface area (Å²) in [5, 5.41) is 0. The van der Waals surface area contributed by atoms with E-state index in [-0.39, 0.29) is 0 Å². The number of hydrogen-bond donors (Lipinski definition) is 0. The Morgan fingerprint density at radius 1 is 1.05 bits per heavy atom. The van der Waals surface area contributed by atoms with Crippen molar-refractivity contribution < 1.29 is 9.00 Å². The highest BCUT2D eigenvalue weighted by Crippen LogP contribution is 2.15. The molecular formula is C16H17NO2S. The van der Waals surface area contributed by atoms with E-state index in [1.165, 1.54) is 0 Å². The molecule has 0 N–H and O–H groups in total. The van der Waals surface area contributed by atoms with E-state index in [1.54, 1.807) is 43.3 Å².